The molecule has 1 aliphatic rings. The summed E-state index contributed by atoms with van der Waals surface area (Å²) in [5.41, 5.74) is 4.40. The molecular weight excluding hydrogens is 424 g/mol. The van der Waals surface area contributed by atoms with Crippen LogP contribution in [-0.2, 0) is 11.2 Å². The third-order valence-electron chi connectivity index (χ3n) is 5.23. The molecule has 34 heavy (non-hydrogen) atoms. The monoisotopic (exact) mass is 474 g/mol. The van der Waals surface area contributed by atoms with Crippen molar-refractivity contribution in [2.75, 3.05) is 6.54 Å². The zero-order valence-corrected chi connectivity index (χ0v) is 23.5. The van der Waals surface area contributed by atoms with Crippen molar-refractivity contribution in [3.8, 4) is 11.5 Å². The lowest BCUT2D eigenvalue weighted by atomic mass is 9.83. The van der Waals surface area contributed by atoms with Crippen molar-refractivity contribution in [3.63, 3.8) is 0 Å². The number of phenolic OH excluding ortho intramolecular Hbond substituents is 2. The number of amides is 1. The SMILES string of the molecule is C=C(C)C1CC(C)=CC1c1c(O)cc2c(CCNC(C)=O)c[nH]c2c1O.CC.CC.CC.CC. The Bertz CT molecular complexity index is 910. The molecule has 0 saturated heterocycles. The van der Waals surface area contributed by atoms with E-state index in [9.17, 15) is 15.0 Å². The summed E-state index contributed by atoms with van der Waals surface area (Å²) in [6.45, 7) is 26.1. The molecule has 2 unspecified atom stereocenters. The predicted molar refractivity (Wildman–Crippen MR) is 149 cm³/mol. The molecule has 194 valence electrons. The summed E-state index contributed by atoms with van der Waals surface area (Å²) in [6.07, 6.45) is 5.44. The lowest BCUT2D eigenvalue weighted by Gasteiger charge is -2.22. The minimum atomic E-state index is -0.0805. The Morgan fingerprint density at radius 2 is 1.65 bits per heavy atom. The van der Waals surface area contributed by atoms with Crippen LogP contribution in [0.5, 0.6) is 11.5 Å². The summed E-state index contributed by atoms with van der Waals surface area (Å²) >= 11 is 0. The van der Waals surface area contributed by atoms with E-state index < -0.39 is 0 Å². The third-order valence-corrected chi connectivity index (χ3v) is 5.23. The average Bonchev–Trinajstić information content (AvgIpc) is 3.43. The van der Waals surface area contributed by atoms with Gasteiger partial charge in [0.25, 0.3) is 0 Å². The molecule has 1 aliphatic carbocycles. The molecule has 2 atom stereocenters. The van der Waals surface area contributed by atoms with Crippen LogP contribution in [0.3, 0.4) is 0 Å². The number of phenols is 2. The molecule has 0 fully saturated rings. The molecule has 2 aromatic rings. The number of H-pyrrole nitrogens is 1. The zero-order valence-electron chi connectivity index (χ0n) is 23.5. The Morgan fingerprint density at radius 3 is 2.15 bits per heavy atom. The number of aromatic hydroxyl groups is 2. The van der Waals surface area contributed by atoms with E-state index in [1.165, 1.54) is 12.5 Å². The van der Waals surface area contributed by atoms with Crippen LogP contribution in [0, 0.1) is 5.92 Å². The van der Waals surface area contributed by atoms with Gasteiger partial charge in [-0.25, -0.2) is 0 Å². The largest absolute Gasteiger partial charge is 0.507 e. The molecule has 0 radical (unpaired) electrons. The van der Waals surface area contributed by atoms with Gasteiger partial charge < -0.3 is 20.5 Å². The lowest BCUT2D eigenvalue weighted by molar-refractivity contribution is -0.118. The number of carbonyl (C=O) groups is 1. The summed E-state index contributed by atoms with van der Waals surface area (Å²) in [6, 6.07) is 1.71. The Labute approximate surface area is 208 Å². The molecule has 1 aromatic heterocycles. The highest BCUT2D eigenvalue weighted by molar-refractivity contribution is 5.91. The topological polar surface area (TPSA) is 85.4 Å². The van der Waals surface area contributed by atoms with E-state index in [-0.39, 0.29) is 29.2 Å². The second-order valence-corrected chi connectivity index (χ2v) is 7.32. The first kappa shape index (κ1) is 33.5. The number of carbonyl (C=O) groups excluding carboxylic acids is 1. The standard InChI is InChI=1S/C21H26N2O3.4C2H6/c1-11(2)15-7-12(3)8-17(15)19-18(25)9-16-14(5-6-22-13(4)24)10-23-20(16)21(19)26;4*1-2/h8-10,15,17,23,25-26H,1,5-7H2,2-4H3,(H,22,24);4*1-2H3. The number of nitrogens with one attached hydrogen (secondary N) is 2. The fraction of sp³-hybridized carbons (Fsp3) is 0.552. The fourth-order valence-corrected chi connectivity index (χ4v) is 3.95. The van der Waals surface area contributed by atoms with Gasteiger partial charge in [0.15, 0.2) is 0 Å². The van der Waals surface area contributed by atoms with Crippen LogP contribution in [0.2, 0.25) is 0 Å². The smallest absolute Gasteiger partial charge is 0.216 e. The van der Waals surface area contributed by atoms with Crippen LogP contribution < -0.4 is 5.32 Å². The molecule has 5 nitrogen and oxygen atoms in total. The molecule has 5 heteroatoms. The summed E-state index contributed by atoms with van der Waals surface area (Å²) in [4.78, 5) is 14.2. The van der Waals surface area contributed by atoms with Gasteiger partial charge in [0, 0.05) is 36.5 Å². The van der Waals surface area contributed by atoms with Gasteiger partial charge in [-0.05, 0) is 44.2 Å². The maximum Gasteiger partial charge on any atom is 0.216 e. The minimum absolute atomic E-state index is 0.0768. The van der Waals surface area contributed by atoms with Gasteiger partial charge in [0.1, 0.15) is 11.5 Å². The van der Waals surface area contributed by atoms with Crippen molar-refractivity contribution in [2.45, 2.75) is 94.9 Å². The number of aromatic amines is 1. The Hall–Kier alpha value is -2.69. The van der Waals surface area contributed by atoms with Crippen LogP contribution >= 0.6 is 0 Å². The van der Waals surface area contributed by atoms with Crippen molar-refractivity contribution in [1.29, 1.82) is 0 Å². The van der Waals surface area contributed by atoms with E-state index in [1.807, 2.05) is 68.5 Å². The lowest BCUT2D eigenvalue weighted by Crippen LogP contribution is -2.22. The molecule has 1 heterocycles. The van der Waals surface area contributed by atoms with E-state index >= 15 is 0 Å². The minimum Gasteiger partial charge on any atom is -0.507 e. The van der Waals surface area contributed by atoms with Gasteiger partial charge in [-0.3, -0.25) is 4.79 Å². The Kier molecular flexibility index (Phi) is 17.5. The van der Waals surface area contributed by atoms with Crippen LogP contribution in [0.1, 0.15) is 99.6 Å². The van der Waals surface area contributed by atoms with Gasteiger partial charge in [-0.2, -0.15) is 0 Å². The van der Waals surface area contributed by atoms with E-state index in [4.69, 9.17) is 0 Å². The normalized spacial score (nSPS) is 15.7. The summed E-state index contributed by atoms with van der Waals surface area (Å²) in [7, 11) is 0. The number of fused-ring (bicyclic) bond motifs is 1. The summed E-state index contributed by atoms with van der Waals surface area (Å²) in [5, 5.41) is 25.1. The van der Waals surface area contributed by atoms with Crippen molar-refractivity contribution < 1.29 is 15.0 Å². The van der Waals surface area contributed by atoms with E-state index in [0.29, 0.717) is 24.0 Å². The molecule has 0 aliphatic heterocycles. The number of hydrogen-bond donors (Lipinski definition) is 4. The third kappa shape index (κ3) is 8.58. The van der Waals surface area contributed by atoms with Gasteiger partial charge >= 0.3 is 0 Å². The van der Waals surface area contributed by atoms with E-state index in [2.05, 4.69) is 29.9 Å². The maximum absolute atomic E-state index is 11.0. The highest BCUT2D eigenvalue weighted by Gasteiger charge is 2.32. The van der Waals surface area contributed by atoms with Crippen LogP contribution in [0.15, 0.2) is 36.1 Å². The zero-order chi connectivity index (χ0) is 27.0. The highest BCUT2D eigenvalue weighted by atomic mass is 16.3. The number of allylic oxidation sites excluding steroid dienone is 3. The second-order valence-electron chi connectivity index (χ2n) is 7.32. The molecule has 3 rings (SSSR count). The summed E-state index contributed by atoms with van der Waals surface area (Å²) in [5.74, 6) is 0.207. The first-order chi connectivity index (χ1) is 16.3. The number of benzene rings is 1. The van der Waals surface area contributed by atoms with Gasteiger partial charge in [-0.1, -0.05) is 79.2 Å². The van der Waals surface area contributed by atoms with Crippen molar-refractivity contribution in [1.82, 2.24) is 10.3 Å². The second kappa shape index (κ2) is 17.7. The van der Waals surface area contributed by atoms with Crippen LogP contribution in [0.25, 0.3) is 10.9 Å². The predicted octanol–water partition coefficient (Wildman–Crippen LogP) is 7.99. The van der Waals surface area contributed by atoms with Gasteiger partial charge in [0.2, 0.25) is 5.91 Å². The number of hydrogen-bond acceptors (Lipinski definition) is 3. The van der Waals surface area contributed by atoms with Crippen molar-refractivity contribution in [3.05, 3.63) is 47.2 Å². The molecule has 0 spiro atoms. The molecule has 4 N–H and O–H groups in total. The van der Waals surface area contributed by atoms with E-state index in [0.717, 1.165) is 22.9 Å². The first-order valence-electron chi connectivity index (χ1n) is 12.9. The van der Waals surface area contributed by atoms with Crippen molar-refractivity contribution in [2.24, 2.45) is 5.92 Å². The van der Waals surface area contributed by atoms with Crippen molar-refractivity contribution >= 4 is 16.8 Å². The molecule has 1 aromatic carbocycles. The Morgan fingerprint density at radius 1 is 1.09 bits per heavy atom. The Balaban J connectivity index is 0. The molecule has 0 saturated carbocycles. The van der Waals surface area contributed by atoms with Gasteiger partial charge in [0.05, 0.1) is 5.52 Å². The highest BCUT2D eigenvalue weighted by Crippen LogP contribution is 2.49. The molecular formula is C29H50N2O3. The quantitative estimate of drug-likeness (QED) is 0.331. The summed E-state index contributed by atoms with van der Waals surface area (Å²) < 4.78 is 0. The van der Waals surface area contributed by atoms with Gasteiger partial charge in [-0.15, -0.1) is 0 Å². The number of aromatic nitrogens is 1. The maximum atomic E-state index is 11.0. The average molecular weight is 475 g/mol. The molecule has 0 bridgehead atoms. The fourth-order valence-electron chi connectivity index (χ4n) is 3.95. The van der Waals surface area contributed by atoms with Crippen LogP contribution in [-0.4, -0.2) is 27.6 Å². The molecule has 1 amide bonds. The van der Waals surface area contributed by atoms with E-state index in [1.54, 1.807) is 6.07 Å². The van der Waals surface area contributed by atoms with Crippen LogP contribution in [0.4, 0.5) is 0 Å². The first-order valence-corrected chi connectivity index (χ1v) is 12.9. The number of rotatable bonds is 5.